The summed E-state index contributed by atoms with van der Waals surface area (Å²) in [4.78, 5) is 49.9. The molecule has 1 atom stereocenters. The predicted octanol–water partition coefficient (Wildman–Crippen LogP) is 2.89. The van der Waals surface area contributed by atoms with Crippen LogP contribution in [0, 0.1) is 0 Å². The number of para-hydroxylation sites is 2. The molecule has 0 saturated heterocycles. The molecule has 2 amide bonds. The van der Waals surface area contributed by atoms with Crippen molar-refractivity contribution in [1.82, 2.24) is 25.6 Å². The van der Waals surface area contributed by atoms with Crippen LogP contribution >= 0.6 is 0 Å². The Kier molecular flexibility index (Phi) is 9.68. The molecule has 0 aliphatic rings. The minimum atomic E-state index is -3.99. The average molecular weight is 564 g/mol. The van der Waals surface area contributed by atoms with E-state index in [1.807, 2.05) is 6.07 Å². The van der Waals surface area contributed by atoms with Crippen molar-refractivity contribution in [2.75, 3.05) is 13.1 Å². The number of carbonyl (C=O) groups excluding carboxylic acids is 3. The van der Waals surface area contributed by atoms with Crippen LogP contribution in [-0.2, 0) is 20.4 Å². The van der Waals surface area contributed by atoms with Gasteiger partial charge in [0.25, 0.3) is 11.8 Å². The number of hydrogen-bond acceptors (Lipinski definition) is 9. The normalized spacial score (nSPS) is 12.1. The summed E-state index contributed by atoms with van der Waals surface area (Å²) in [6.45, 7) is -0.179. The maximum absolute atomic E-state index is 13.2. The summed E-state index contributed by atoms with van der Waals surface area (Å²) in [6.07, 6.45) is 7.78. The lowest BCUT2D eigenvalue weighted by Crippen LogP contribution is -2.47. The number of sulfone groups is 1. The highest BCUT2D eigenvalue weighted by atomic mass is 32.2. The number of oxazole rings is 1. The van der Waals surface area contributed by atoms with Crippen molar-refractivity contribution in [1.29, 1.82) is 0 Å². The molecule has 0 aliphatic heterocycles. The van der Waals surface area contributed by atoms with Crippen molar-refractivity contribution in [3.05, 3.63) is 90.3 Å². The fraction of sp³-hybridized carbons (Fsp3) is 0.286. The molecule has 1 unspecified atom stereocenters. The van der Waals surface area contributed by atoms with Gasteiger partial charge in [-0.3, -0.25) is 24.4 Å². The number of fused-ring (bicyclic) bond motifs is 1. The molecule has 0 spiro atoms. The van der Waals surface area contributed by atoms with E-state index in [0.717, 1.165) is 0 Å². The third-order valence-corrected chi connectivity index (χ3v) is 8.10. The largest absolute Gasteiger partial charge is 0.434 e. The Hall–Kier alpha value is -4.45. The highest BCUT2D eigenvalue weighted by Gasteiger charge is 2.33. The summed E-state index contributed by atoms with van der Waals surface area (Å²) in [5.41, 5.74) is 1.91. The molecule has 2 N–H and O–H groups in total. The Bertz CT molecular complexity index is 1520. The molecular formula is C28H29N5O6S. The molecule has 40 heavy (non-hydrogen) atoms. The summed E-state index contributed by atoms with van der Waals surface area (Å²) >= 11 is 0. The molecule has 12 heteroatoms. The molecule has 0 bridgehead atoms. The number of Topliss-reactive ketones (excluding diaryl/α,β-unsaturated/α-hetero) is 1. The van der Waals surface area contributed by atoms with Gasteiger partial charge in [-0.2, -0.15) is 0 Å². The van der Waals surface area contributed by atoms with E-state index >= 15 is 0 Å². The van der Waals surface area contributed by atoms with E-state index in [1.54, 1.807) is 30.3 Å². The predicted molar refractivity (Wildman–Crippen MR) is 147 cm³/mol. The molecule has 1 aromatic carbocycles. The highest BCUT2D eigenvalue weighted by Crippen LogP contribution is 2.17. The molecular weight excluding hydrogens is 534 g/mol. The van der Waals surface area contributed by atoms with Gasteiger partial charge in [0, 0.05) is 49.9 Å². The van der Waals surface area contributed by atoms with Gasteiger partial charge in [-0.15, -0.1) is 0 Å². The second kappa shape index (κ2) is 13.6. The van der Waals surface area contributed by atoms with Crippen LogP contribution in [0.4, 0.5) is 0 Å². The quantitative estimate of drug-likeness (QED) is 0.174. The van der Waals surface area contributed by atoms with Crippen LogP contribution in [0.25, 0.3) is 11.1 Å². The standard InChI is InChI=1S/C28H29N5O6S/c34-23(28-33-22-8-3-4-10-24(22)39-28)9-2-1-5-14-31-27(36)25(18-32-26(35)21-11-15-29-16-12-21)40(37,38)19-20-7-6-13-30-17-20/h3-4,6-8,10-13,15-17,25H,1-2,5,9,14,18-19H2,(H,31,36)(H,32,35). The molecule has 3 heterocycles. The smallest absolute Gasteiger partial charge is 0.264 e. The first kappa shape index (κ1) is 28.6. The minimum Gasteiger partial charge on any atom is -0.434 e. The van der Waals surface area contributed by atoms with Gasteiger partial charge < -0.3 is 15.1 Å². The van der Waals surface area contributed by atoms with Gasteiger partial charge in [-0.25, -0.2) is 13.4 Å². The van der Waals surface area contributed by atoms with Crippen LogP contribution in [-0.4, -0.2) is 59.3 Å². The fourth-order valence-electron chi connectivity index (χ4n) is 4.00. The molecule has 0 fully saturated rings. The number of unbranched alkanes of at least 4 members (excludes halogenated alkanes) is 2. The van der Waals surface area contributed by atoms with Crippen LogP contribution in [0.2, 0.25) is 0 Å². The average Bonchev–Trinajstić information content (AvgIpc) is 3.40. The number of nitrogens with one attached hydrogen (secondary N) is 2. The molecule has 0 radical (unpaired) electrons. The van der Waals surface area contributed by atoms with Gasteiger partial charge in [0.1, 0.15) is 5.52 Å². The van der Waals surface area contributed by atoms with E-state index in [0.29, 0.717) is 41.5 Å². The summed E-state index contributed by atoms with van der Waals surface area (Å²) in [7, 11) is -3.99. The number of rotatable bonds is 14. The Balaban J connectivity index is 1.28. The zero-order chi connectivity index (χ0) is 28.4. The van der Waals surface area contributed by atoms with Crippen molar-refractivity contribution in [3.8, 4) is 0 Å². The van der Waals surface area contributed by atoms with Gasteiger partial charge in [0.15, 0.2) is 20.7 Å². The second-order valence-electron chi connectivity index (χ2n) is 9.11. The van der Waals surface area contributed by atoms with Crippen molar-refractivity contribution < 1.29 is 27.2 Å². The molecule has 3 aromatic heterocycles. The molecule has 4 rings (SSSR count). The molecule has 4 aromatic rings. The van der Waals surface area contributed by atoms with Gasteiger partial charge >= 0.3 is 0 Å². The first-order valence-electron chi connectivity index (χ1n) is 12.8. The number of hydrogen-bond donors (Lipinski definition) is 2. The summed E-state index contributed by atoms with van der Waals surface area (Å²) < 4.78 is 31.9. The second-order valence-corrected chi connectivity index (χ2v) is 11.3. The summed E-state index contributed by atoms with van der Waals surface area (Å²) in [5, 5.41) is 3.71. The van der Waals surface area contributed by atoms with Gasteiger partial charge in [-0.05, 0) is 48.7 Å². The monoisotopic (exact) mass is 563 g/mol. The third kappa shape index (κ3) is 7.79. The lowest BCUT2D eigenvalue weighted by Gasteiger charge is -2.18. The van der Waals surface area contributed by atoms with Crippen molar-refractivity contribution >= 4 is 38.5 Å². The summed E-state index contributed by atoms with van der Waals surface area (Å²) in [5.74, 6) is -1.75. The van der Waals surface area contributed by atoms with Crippen LogP contribution in [0.1, 0.15) is 52.3 Å². The Morgan fingerprint density at radius 2 is 1.68 bits per heavy atom. The van der Waals surface area contributed by atoms with E-state index in [2.05, 4.69) is 25.6 Å². The number of pyridine rings is 2. The maximum Gasteiger partial charge on any atom is 0.264 e. The van der Waals surface area contributed by atoms with Crippen LogP contribution in [0.3, 0.4) is 0 Å². The Morgan fingerprint density at radius 1 is 0.875 bits per heavy atom. The van der Waals surface area contributed by atoms with E-state index in [9.17, 15) is 22.8 Å². The number of aromatic nitrogens is 3. The van der Waals surface area contributed by atoms with Crippen LogP contribution < -0.4 is 10.6 Å². The number of nitrogens with zero attached hydrogens (tertiary/aromatic N) is 3. The summed E-state index contributed by atoms with van der Waals surface area (Å²) in [6, 6.07) is 13.3. The topological polar surface area (TPSA) is 161 Å². The molecule has 0 aliphatic carbocycles. The molecule has 11 nitrogen and oxygen atoms in total. The fourth-order valence-corrected chi connectivity index (χ4v) is 5.58. The van der Waals surface area contributed by atoms with Crippen molar-refractivity contribution in [2.24, 2.45) is 0 Å². The number of amides is 2. The van der Waals surface area contributed by atoms with Gasteiger partial charge in [-0.1, -0.05) is 24.6 Å². The Labute approximate surface area is 231 Å². The first-order valence-corrected chi connectivity index (χ1v) is 14.5. The van der Waals surface area contributed by atoms with E-state index < -0.39 is 39.2 Å². The third-order valence-electron chi connectivity index (χ3n) is 6.12. The molecule has 208 valence electrons. The van der Waals surface area contributed by atoms with Gasteiger partial charge in [0.2, 0.25) is 11.7 Å². The number of benzene rings is 1. The van der Waals surface area contributed by atoms with Crippen molar-refractivity contribution in [3.63, 3.8) is 0 Å². The van der Waals surface area contributed by atoms with Crippen LogP contribution in [0.15, 0.2) is 77.7 Å². The number of carbonyl (C=O) groups is 3. The van der Waals surface area contributed by atoms with Crippen molar-refractivity contribution in [2.45, 2.75) is 36.7 Å². The maximum atomic E-state index is 13.2. The zero-order valence-electron chi connectivity index (χ0n) is 21.7. The number of ketones is 1. The first-order chi connectivity index (χ1) is 19.3. The van der Waals surface area contributed by atoms with E-state index in [-0.39, 0.29) is 24.6 Å². The van der Waals surface area contributed by atoms with Gasteiger partial charge in [0.05, 0.1) is 5.75 Å². The van der Waals surface area contributed by atoms with E-state index in [4.69, 9.17) is 4.42 Å². The highest BCUT2D eigenvalue weighted by molar-refractivity contribution is 7.92. The van der Waals surface area contributed by atoms with Crippen LogP contribution in [0.5, 0.6) is 0 Å². The SMILES string of the molecule is O=C(NCC(C(=O)NCCCCCC(=O)c1nc2ccccc2o1)S(=O)(=O)Cc1cccnc1)c1ccncc1. The van der Waals surface area contributed by atoms with E-state index in [1.165, 1.54) is 36.9 Å². The minimum absolute atomic E-state index is 0.0741. The lowest BCUT2D eigenvalue weighted by atomic mass is 10.1. The lowest BCUT2D eigenvalue weighted by molar-refractivity contribution is -0.120. The Morgan fingerprint density at radius 3 is 2.42 bits per heavy atom. The zero-order valence-corrected chi connectivity index (χ0v) is 22.5. The molecule has 0 saturated carbocycles.